The molecule has 5 nitrogen and oxygen atoms in total. The van der Waals surface area contributed by atoms with Crippen molar-refractivity contribution >= 4 is 12.0 Å². The molecule has 2 fully saturated rings. The van der Waals surface area contributed by atoms with Crippen molar-refractivity contribution in [3.8, 4) is 0 Å². The van der Waals surface area contributed by atoms with Gasteiger partial charge in [0, 0.05) is 12.1 Å². The summed E-state index contributed by atoms with van der Waals surface area (Å²) in [5, 5.41) is 15.0. The van der Waals surface area contributed by atoms with Gasteiger partial charge in [-0.1, -0.05) is 13.3 Å². The molecular formula is C16H28N2O3. The second-order valence-electron chi connectivity index (χ2n) is 6.89. The minimum atomic E-state index is -0.745. The maximum Gasteiger partial charge on any atom is 0.315 e. The van der Waals surface area contributed by atoms with Crippen LogP contribution in [0.1, 0.15) is 58.8 Å². The highest BCUT2D eigenvalue weighted by molar-refractivity contribution is 5.74. The molecule has 0 aromatic carbocycles. The van der Waals surface area contributed by atoms with E-state index in [1.54, 1.807) is 6.92 Å². The lowest BCUT2D eigenvalue weighted by atomic mass is 10.0. The van der Waals surface area contributed by atoms with Gasteiger partial charge in [-0.2, -0.15) is 0 Å². The molecular weight excluding hydrogens is 268 g/mol. The van der Waals surface area contributed by atoms with Crippen molar-refractivity contribution in [2.45, 2.75) is 70.9 Å². The molecule has 5 heteroatoms. The Labute approximate surface area is 126 Å². The molecule has 0 heterocycles. The van der Waals surface area contributed by atoms with Crippen LogP contribution in [-0.4, -0.2) is 29.2 Å². The molecule has 0 saturated heterocycles. The number of carboxylic acids is 1. The van der Waals surface area contributed by atoms with E-state index in [-0.39, 0.29) is 18.0 Å². The van der Waals surface area contributed by atoms with Crippen LogP contribution in [0.4, 0.5) is 4.79 Å². The quantitative estimate of drug-likeness (QED) is 0.612. The van der Waals surface area contributed by atoms with Gasteiger partial charge < -0.3 is 15.7 Å². The lowest BCUT2D eigenvalue weighted by molar-refractivity contribution is -0.141. The lowest BCUT2D eigenvalue weighted by Crippen LogP contribution is -2.47. The second-order valence-corrected chi connectivity index (χ2v) is 6.89. The SMILES string of the molecule is CC(CCCC(C)C(=O)O)NC(=O)NC(C1CC1)C1CC1. The van der Waals surface area contributed by atoms with Gasteiger partial charge >= 0.3 is 12.0 Å². The van der Waals surface area contributed by atoms with E-state index < -0.39 is 5.97 Å². The minimum Gasteiger partial charge on any atom is -0.481 e. The Kier molecular flexibility index (Phi) is 5.48. The third kappa shape index (κ3) is 5.56. The largest absolute Gasteiger partial charge is 0.481 e. The van der Waals surface area contributed by atoms with E-state index in [1.165, 1.54) is 25.7 Å². The average Bonchev–Trinajstić information content (AvgIpc) is 3.28. The fourth-order valence-electron chi connectivity index (χ4n) is 2.87. The smallest absolute Gasteiger partial charge is 0.315 e. The molecule has 0 aliphatic heterocycles. The van der Waals surface area contributed by atoms with Crippen LogP contribution in [0.2, 0.25) is 0 Å². The highest BCUT2D eigenvalue weighted by Gasteiger charge is 2.42. The van der Waals surface area contributed by atoms with Gasteiger partial charge in [-0.25, -0.2) is 4.79 Å². The monoisotopic (exact) mass is 296 g/mol. The zero-order valence-corrected chi connectivity index (χ0v) is 13.1. The molecule has 0 bridgehead atoms. The summed E-state index contributed by atoms with van der Waals surface area (Å²) in [6.07, 6.45) is 7.32. The van der Waals surface area contributed by atoms with Crippen LogP contribution in [-0.2, 0) is 4.79 Å². The van der Waals surface area contributed by atoms with Crippen LogP contribution < -0.4 is 10.6 Å². The van der Waals surface area contributed by atoms with Crippen molar-refractivity contribution in [2.24, 2.45) is 17.8 Å². The second kappa shape index (κ2) is 7.14. The van der Waals surface area contributed by atoms with Crippen LogP contribution >= 0.6 is 0 Å². The zero-order valence-electron chi connectivity index (χ0n) is 13.1. The Morgan fingerprint density at radius 1 is 1.05 bits per heavy atom. The van der Waals surface area contributed by atoms with Gasteiger partial charge in [0.1, 0.15) is 0 Å². The predicted octanol–water partition coefficient (Wildman–Crippen LogP) is 2.75. The van der Waals surface area contributed by atoms with E-state index in [9.17, 15) is 9.59 Å². The average molecular weight is 296 g/mol. The molecule has 2 atom stereocenters. The number of aliphatic carboxylic acids is 1. The molecule has 0 aromatic heterocycles. The summed E-state index contributed by atoms with van der Waals surface area (Å²) in [6, 6.07) is 0.409. The van der Waals surface area contributed by atoms with E-state index >= 15 is 0 Å². The molecule has 0 spiro atoms. The van der Waals surface area contributed by atoms with Crippen LogP contribution in [0.5, 0.6) is 0 Å². The highest BCUT2D eigenvalue weighted by atomic mass is 16.4. The first-order valence-corrected chi connectivity index (χ1v) is 8.27. The number of carboxylic acid groups (broad SMARTS) is 1. The number of hydrogen-bond acceptors (Lipinski definition) is 2. The van der Waals surface area contributed by atoms with Gasteiger partial charge in [0.25, 0.3) is 0 Å². The van der Waals surface area contributed by atoms with Crippen LogP contribution in [0.15, 0.2) is 0 Å². The number of urea groups is 1. The van der Waals surface area contributed by atoms with Crippen LogP contribution in [0.25, 0.3) is 0 Å². The standard InChI is InChI=1S/C16H28N2O3/c1-10(15(19)20)4-3-5-11(2)17-16(21)18-14(12-6-7-12)13-8-9-13/h10-14H,3-9H2,1-2H3,(H,19,20)(H2,17,18,21). The third-order valence-electron chi connectivity index (χ3n) is 4.63. The first-order valence-electron chi connectivity index (χ1n) is 8.27. The van der Waals surface area contributed by atoms with Gasteiger partial charge in [-0.15, -0.1) is 0 Å². The maximum absolute atomic E-state index is 12.0. The lowest BCUT2D eigenvalue weighted by Gasteiger charge is -2.21. The number of amides is 2. The predicted molar refractivity (Wildman–Crippen MR) is 81.0 cm³/mol. The highest BCUT2D eigenvalue weighted by Crippen LogP contribution is 2.44. The molecule has 2 saturated carbocycles. The Morgan fingerprint density at radius 2 is 1.62 bits per heavy atom. The van der Waals surface area contributed by atoms with E-state index in [2.05, 4.69) is 10.6 Å². The van der Waals surface area contributed by atoms with Crippen molar-refractivity contribution in [1.82, 2.24) is 10.6 Å². The fraction of sp³-hybridized carbons (Fsp3) is 0.875. The molecule has 2 aliphatic carbocycles. The van der Waals surface area contributed by atoms with Gasteiger partial charge in [0.2, 0.25) is 0 Å². The summed E-state index contributed by atoms with van der Waals surface area (Å²) in [4.78, 5) is 22.8. The molecule has 2 amide bonds. The Balaban J connectivity index is 1.61. The van der Waals surface area contributed by atoms with Crippen molar-refractivity contribution in [1.29, 1.82) is 0 Å². The Hall–Kier alpha value is -1.26. The van der Waals surface area contributed by atoms with Crippen molar-refractivity contribution < 1.29 is 14.7 Å². The van der Waals surface area contributed by atoms with E-state index in [1.807, 2.05) is 6.92 Å². The summed E-state index contributed by atoms with van der Waals surface area (Å²) in [5.41, 5.74) is 0. The first kappa shape index (κ1) is 16.1. The zero-order chi connectivity index (χ0) is 15.4. The number of carbonyl (C=O) groups excluding carboxylic acids is 1. The fourth-order valence-corrected chi connectivity index (χ4v) is 2.87. The Morgan fingerprint density at radius 3 is 2.10 bits per heavy atom. The van der Waals surface area contributed by atoms with Crippen molar-refractivity contribution in [3.63, 3.8) is 0 Å². The molecule has 2 aliphatic rings. The normalized spacial score (nSPS) is 20.9. The maximum atomic E-state index is 12.0. The van der Waals surface area contributed by atoms with Crippen LogP contribution in [0, 0.1) is 17.8 Å². The summed E-state index contributed by atoms with van der Waals surface area (Å²) in [7, 11) is 0. The number of carbonyl (C=O) groups is 2. The van der Waals surface area contributed by atoms with Gasteiger partial charge in [-0.05, 0) is 57.3 Å². The third-order valence-corrected chi connectivity index (χ3v) is 4.63. The van der Waals surface area contributed by atoms with Gasteiger partial charge in [0.05, 0.1) is 5.92 Å². The Bertz CT molecular complexity index is 366. The van der Waals surface area contributed by atoms with Crippen molar-refractivity contribution in [3.05, 3.63) is 0 Å². The molecule has 3 N–H and O–H groups in total. The molecule has 0 aromatic rings. The van der Waals surface area contributed by atoms with Crippen molar-refractivity contribution in [2.75, 3.05) is 0 Å². The number of rotatable bonds is 9. The van der Waals surface area contributed by atoms with E-state index in [0.717, 1.165) is 12.8 Å². The topological polar surface area (TPSA) is 78.4 Å². The molecule has 2 rings (SSSR count). The minimum absolute atomic E-state index is 0.0578. The van der Waals surface area contributed by atoms with E-state index in [0.29, 0.717) is 24.3 Å². The number of hydrogen-bond donors (Lipinski definition) is 3. The summed E-state index contributed by atoms with van der Waals surface area (Å²) >= 11 is 0. The van der Waals surface area contributed by atoms with E-state index in [4.69, 9.17) is 5.11 Å². The molecule has 21 heavy (non-hydrogen) atoms. The molecule has 0 radical (unpaired) electrons. The molecule has 2 unspecified atom stereocenters. The summed E-state index contributed by atoms with van der Waals surface area (Å²) in [6.45, 7) is 3.71. The molecule has 120 valence electrons. The number of nitrogens with one attached hydrogen (secondary N) is 2. The summed E-state index contributed by atoms with van der Waals surface area (Å²) in [5.74, 6) is 0.357. The summed E-state index contributed by atoms with van der Waals surface area (Å²) < 4.78 is 0. The first-order chi connectivity index (χ1) is 9.97. The van der Waals surface area contributed by atoms with Crippen LogP contribution in [0.3, 0.4) is 0 Å². The van der Waals surface area contributed by atoms with Gasteiger partial charge in [0.15, 0.2) is 0 Å². The van der Waals surface area contributed by atoms with Gasteiger partial charge in [-0.3, -0.25) is 4.79 Å².